The lowest BCUT2D eigenvalue weighted by atomic mass is 10.2. The van der Waals surface area contributed by atoms with Crippen molar-refractivity contribution in [3.05, 3.63) is 23.9 Å². The second kappa shape index (κ2) is 3.86. The molecule has 0 fully saturated rings. The Morgan fingerprint density at radius 3 is 3.13 bits per heavy atom. The van der Waals surface area contributed by atoms with Crippen molar-refractivity contribution in [1.82, 2.24) is 4.37 Å². The highest BCUT2D eigenvalue weighted by molar-refractivity contribution is 7.13. The molecule has 0 amide bonds. The average Bonchev–Trinajstić information content (AvgIpc) is 2.60. The lowest BCUT2D eigenvalue weighted by Crippen LogP contribution is -2.04. The summed E-state index contributed by atoms with van der Waals surface area (Å²) in [5, 5.41) is 9.95. The number of carbonyl (C=O) groups is 1. The molecule has 0 atom stereocenters. The molecule has 0 spiro atoms. The summed E-state index contributed by atoms with van der Waals surface area (Å²) < 4.78 is 9.73. The van der Waals surface area contributed by atoms with E-state index in [9.17, 15) is 9.90 Å². The van der Waals surface area contributed by atoms with Crippen LogP contribution >= 0.6 is 11.5 Å². The van der Waals surface area contributed by atoms with Crippen molar-refractivity contribution >= 4 is 27.6 Å². The van der Waals surface area contributed by atoms with Gasteiger partial charge in [0.05, 0.1) is 11.3 Å². The second-order valence-electron chi connectivity index (χ2n) is 2.93. The molecule has 78 valence electrons. The van der Waals surface area contributed by atoms with Crippen LogP contribution in [0.1, 0.15) is 17.4 Å². The second-order valence-corrected chi connectivity index (χ2v) is 3.74. The molecule has 0 radical (unpaired) electrons. The number of rotatable bonds is 2. The number of fused-ring (bicyclic) bond motifs is 1. The Bertz CT molecular complexity index is 506. The summed E-state index contributed by atoms with van der Waals surface area (Å²) in [6.45, 7) is 2.06. The topological polar surface area (TPSA) is 59.4 Å². The van der Waals surface area contributed by atoms with E-state index in [1.54, 1.807) is 19.1 Å². The molecule has 1 aromatic carbocycles. The summed E-state index contributed by atoms with van der Waals surface area (Å²) in [4.78, 5) is 11.5. The molecule has 0 bridgehead atoms. The summed E-state index contributed by atoms with van der Waals surface area (Å²) in [7, 11) is 0. The molecule has 0 saturated heterocycles. The molecule has 2 rings (SSSR count). The summed E-state index contributed by atoms with van der Waals surface area (Å²) in [5.74, 6) is -0.331. The van der Waals surface area contributed by atoms with E-state index in [2.05, 4.69) is 4.37 Å². The lowest BCUT2D eigenvalue weighted by Gasteiger charge is -1.98. The fourth-order valence-corrected chi connectivity index (χ4v) is 2.02. The molecule has 0 aliphatic carbocycles. The van der Waals surface area contributed by atoms with Crippen LogP contribution in [0.15, 0.2) is 18.2 Å². The van der Waals surface area contributed by atoms with Gasteiger partial charge in [0, 0.05) is 5.39 Å². The molecular weight excluding hydrogens is 214 g/mol. The van der Waals surface area contributed by atoms with Crippen molar-refractivity contribution < 1.29 is 14.6 Å². The zero-order valence-electron chi connectivity index (χ0n) is 8.06. The largest absolute Gasteiger partial charge is 0.508 e. The number of hydrogen-bond acceptors (Lipinski definition) is 5. The monoisotopic (exact) mass is 223 g/mol. The Labute approximate surface area is 90.3 Å². The van der Waals surface area contributed by atoms with Crippen molar-refractivity contribution in [2.75, 3.05) is 6.61 Å². The van der Waals surface area contributed by atoms with Gasteiger partial charge in [0.2, 0.25) is 0 Å². The van der Waals surface area contributed by atoms with Crippen LogP contribution in [0.2, 0.25) is 0 Å². The van der Waals surface area contributed by atoms with E-state index in [-0.39, 0.29) is 11.4 Å². The summed E-state index contributed by atoms with van der Waals surface area (Å²) in [6.07, 6.45) is 0. The minimum absolute atomic E-state index is 0.119. The van der Waals surface area contributed by atoms with Gasteiger partial charge in [-0.2, -0.15) is 4.37 Å². The van der Waals surface area contributed by atoms with Crippen LogP contribution in [0.25, 0.3) is 10.1 Å². The summed E-state index contributed by atoms with van der Waals surface area (Å²) in [6, 6.07) is 4.81. The number of phenols is 1. The minimum Gasteiger partial charge on any atom is -0.508 e. The molecule has 15 heavy (non-hydrogen) atoms. The van der Waals surface area contributed by atoms with E-state index in [1.807, 2.05) is 0 Å². The maximum atomic E-state index is 11.5. The van der Waals surface area contributed by atoms with Gasteiger partial charge in [0.25, 0.3) is 0 Å². The van der Waals surface area contributed by atoms with Crippen LogP contribution in [-0.2, 0) is 4.74 Å². The molecule has 1 aromatic heterocycles. The van der Waals surface area contributed by atoms with Crippen molar-refractivity contribution in [3.8, 4) is 5.75 Å². The normalized spacial score (nSPS) is 10.5. The van der Waals surface area contributed by atoms with Gasteiger partial charge in [-0.05, 0) is 36.7 Å². The highest BCUT2D eigenvalue weighted by Gasteiger charge is 2.15. The zero-order chi connectivity index (χ0) is 10.8. The van der Waals surface area contributed by atoms with Crippen LogP contribution in [-0.4, -0.2) is 22.1 Å². The summed E-state index contributed by atoms with van der Waals surface area (Å²) in [5.41, 5.74) is 0.271. The molecule has 0 saturated carbocycles. The van der Waals surface area contributed by atoms with Crippen LogP contribution in [0.5, 0.6) is 5.75 Å². The third-order valence-corrected chi connectivity index (χ3v) is 2.75. The molecule has 0 aliphatic heterocycles. The molecule has 4 nitrogen and oxygen atoms in total. The minimum atomic E-state index is -0.450. The van der Waals surface area contributed by atoms with Crippen molar-refractivity contribution in [2.45, 2.75) is 6.92 Å². The fraction of sp³-hybridized carbons (Fsp3) is 0.200. The van der Waals surface area contributed by atoms with Crippen LogP contribution in [0.3, 0.4) is 0 Å². The number of hydrogen-bond donors (Lipinski definition) is 1. The Morgan fingerprint density at radius 2 is 2.40 bits per heavy atom. The van der Waals surface area contributed by atoms with Gasteiger partial charge in [-0.25, -0.2) is 4.79 Å². The van der Waals surface area contributed by atoms with E-state index in [0.717, 1.165) is 4.70 Å². The van der Waals surface area contributed by atoms with E-state index < -0.39 is 5.97 Å². The quantitative estimate of drug-likeness (QED) is 0.793. The lowest BCUT2D eigenvalue weighted by molar-refractivity contribution is 0.0523. The molecule has 1 N–H and O–H groups in total. The van der Waals surface area contributed by atoms with E-state index in [0.29, 0.717) is 12.0 Å². The first-order valence-electron chi connectivity index (χ1n) is 4.48. The van der Waals surface area contributed by atoms with Crippen LogP contribution in [0, 0.1) is 0 Å². The van der Waals surface area contributed by atoms with Crippen molar-refractivity contribution in [3.63, 3.8) is 0 Å². The number of nitrogens with zero attached hydrogens (tertiary/aromatic N) is 1. The van der Waals surface area contributed by atoms with E-state index in [4.69, 9.17) is 4.74 Å². The predicted molar refractivity (Wildman–Crippen MR) is 57.2 cm³/mol. The smallest absolute Gasteiger partial charge is 0.358 e. The molecule has 2 aromatic rings. The first kappa shape index (κ1) is 9.92. The third kappa shape index (κ3) is 1.78. The number of aromatic hydroxyl groups is 1. The van der Waals surface area contributed by atoms with Gasteiger partial charge >= 0.3 is 5.97 Å². The molecule has 1 heterocycles. The highest BCUT2D eigenvalue weighted by Crippen LogP contribution is 2.26. The van der Waals surface area contributed by atoms with E-state index in [1.165, 1.54) is 17.6 Å². The third-order valence-electron chi connectivity index (χ3n) is 1.92. The number of ether oxygens (including phenoxy) is 1. The number of aromatic nitrogens is 1. The summed E-state index contributed by atoms with van der Waals surface area (Å²) >= 11 is 1.21. The van der Waals surface area contributed by atoms with Gasteiger partial charge in [-0.3, -0.25) is 0 Å². The standard InChI is InChI=1S/C10H9NO3S/c1-2-14-10(13)9-7-5-6(12)3-4-8(7)15-11-9/h3-5,12H,2H2,1H3. The van der Waals surface area contributed by atoms with Crippen LogP contribution < -0.4 is 0 Å². The Morgan fingerprint density at radius 1 is 1.60 bits per heavy atom. The molecule has 0 aliphatic rings. The van der Waals surface area contributed by atoms with Gasteiger partial charge in [-0.15, -0.1) is 0 Å². The first-order valence-corrected chi connectivity index (χ1v) is 5.25. The predicted octanol–water partition coefficient (Wildman–Crippen LogP) is 2.18. The average molecular weight is 223 g/mol. The van der Waals surface area contributed by atoms with Gasteiger partial charge in [0.1, 0.15) is 5.75 Å². The Hall–Kier alpha value is -1.62. The number of esters is 1. The van der Waals surface area contributed by atoms with Crippen LogP contribution in [0.4, 0.5) is 0 Å². The Kier molecular flexibility index (Phi) is 2.55. The zero-order valence-corrected chi connectivity index (χ0v) is 8.87. The highest BCUT2D eigenvalue weighted by atomic mass is 32.1. The first-order chi connectivity index (χ1) is 7.22. The molecule has 5 heteroatoms. The van der Waals surface area contributed by atoms with Crippen molar-refractivity contribution in [1.29, 1.82) is 0 Å². The maximum absolute atomic E-state index is 11.5. The fourth-order valence-electron chi connectivity index (χ4n) is 1.27. The molecular formula is C10H9NO3S. The molecule has 0 unspecified atom stereocenters. The number of carbonyl (C=O) groups excluding carboxylic acids is 1. The van der Waals surface area contributed by atoms with Gasteiger partial charge < -0.3 is 9.84 Å². The SMILES string of the molecule is CCOC(=O)c1nsc2ccc(O)cc12. The maximum Gasteiger partial charge on any atom is 0.358 e. The number of phenolic OH excluding ortho intramolecular Hbond substituents is 1. The van der Waals surface area contributed by atoms with E-state index >= 15 is 0 Å². The number of benzene rings is 1. The van der Waals surface area contributed by atoms with Crippen molar-refractivity contribution in [2.24, 2.45) is 0 Å². The van der Waals surface area contributed by atoms with Gasteiger partial charge in [-0.1, -0.05) is 0 Å². The van der Waals surface area contributed by atoms with Gasteiger partial charge in [0.15, 0.2) is 5.69 Å². The Balaban J connectivity index is 2.52.